The first-order valence-corrected chi connectivity index (χ1v) is 4.90. The minimum absolute atomic E-state index is 0.0532. The molecular weight excluding hydrogens is 192 g/mol. The van der Waals surface area contributed by atoms with Crippen molar-refractivity contribution in [1.29, 1.82) is 0 Å². The standard InChI is InChI=1S/C11H16N2O2/c1-3-6-13(2)11(15)9-7-8(14)4-5-10(9)12/h4-5,7,14H,3,6,12H2,1-2H3. The summed E-state index contributed by atoms with van der Waals surface area (Å²) >= 11 is 0. The summed E-state index contributed by atoms with van der Waals surface area (Å²) in [6, 6.07) is 4.39. The number of amides is 1. The number of rotatable bonds is 3. The monoisotopic (exact) mass is 208 g/mol. The molecule has 0 atom stereocenters. The molecule has 0 fully saturated rings. The molecule has 1 aromatic rings. The number of phenolic OH excluding ortho intramolecular Hbond substituents is 1. The zero-order valence-electron chi connectivity index (χ0n) is 9.03. The van der Waals surface area contributed by atoms with Crippen molar-refractivity contribution < 1.29 is 9.90 Å². The Kier molecular flexibility index (Phi) is 3.55. The molecule has 3 N–H and O–H groups in total. The van der Waals surface area contributed by atoms with Crippen LogP contribution in [0.15, 0.2) is 18.2 Å². The van der Waals surface area contributed by atoms with E-state index in [1.165, 1.54) is 18.2 Å². The molecule has 0 aliphatic carbocycles. The van der Waals surface area contributed by atoms with Gasteiger partial charge in [-0.25, -0.2) is 0 Å². The average Bonchev–Trinajstić information content (AvgIpc) is 2.21. The smallest absolute Gasteiger partial charge is 0.255 e. The highest BCUT2D eigenvalue weighted by molar-refractivity contribution is 5.99. The highest BCUT2D eigenvalue weighted by Crippen LogP contribution is 2.19. The van der Waals surface area contributed by atoms with Crippen molar-refractivity contribution in [3.8, 4) is 5.75 Å². The van der Waals surface area contributed by atoms with Gasteiger partial charge in [-0.3, -0.25) is 4.79 Å². The molecule has 0 unspecified atom stereocenters. The van der Waals surface area contributed by atoms with Crippen LogP contribution in [0, 0.1) is 0 Å². The highest BCUT2D eigenvalue weighted by Gasteiger charge is 2.14. The third-order valence-corrected chi connectivity index (χ3v) is 2.17. The lowest BCUT2D eigenvalue weighted by atomic mass is 10.1. The van der Waals surface area contributed by atoms with E-state index in [1.54, 1.807) is 11.9 Å². The van der Waals surface area contributed by atoms with Crippen molar-refractivity contribution in [2.45, 2.75) is 13.3 Å². The normalized spacial score (nSPS) is 10.0. The van der Waals surface area contributed by atoms with Gasteiger partial charge < -0.3 is 15.7 Å². The Bertz CT molecular complexity index is 364. The number of carbonyl (C=O) groups excluding carboxylic acids is 1. The molecule has 82 valence electrons. The van der Waals surface area contributed by atoms with Gasteiger partial charge in [0.2, 0.25) is 0 Å². The summed E-state index contributed by atoms with van der Waals surface area (Å²) < 4.78 is 0. The SMILES string of the molecule is CCCN(C)C(=O)c1cc(O)ccc1N. The third-order valence-electron chi connectivity index (χ3n) is 2.17. The number of aromatic hydroxyl groups is 1. The summed E-state index contributed by atoms with van der Waals surface area (Å²) in [4.78, 5) is 13.4. The van der Waals surface area contributed by atoms with Gasteiger partial charge in [-0.2, -0.15) is 0 Å². The lowest BCUT2D eigenvalue weighted by Crippen LogP contribution is -2.28. The molecule has 1 amide bonds. The molecule has 0 heterocycles. The van der Waals surface area contributed by atoms with Crippen molar-refractivity contribution in [2.75, 3.05) is 19.3 Å². The van der Waals surface area contributed by atoms with E-state index in [0.29, 0.717) is 17.8 Å². The van der Waals surface area contributed by atoms with Gasteiger partial charge in [0.1, 0.15) is 5.75 Å². The number of nitrogens with zero attached hydrogens (tertiary/aromatic N) is 1. The summed E-state index contributed by atoms with van der Waals surface area (Å²) in [5.41, 5.74) is 6.41. The summed E-state index contributed by atoms with van der Waals surface area (Å²) in [6.07, 6.45) is 0.890. The van der Waals surface area contributed by atoms with E-state index in [0.717, 1.165) is 6.42 Å². The first-order valence-electron chi connectivity index (χ1n) is 4.90. The van der Waals surface area contributed by atoms with Gasteiger partial charge in [0, 0.05) is 19.3 Å². The second-order valence-electron chi connectivity index (χ2n) is 3.50. The second-order valence-corrected chi connectivity index (χ2v) is 3.50. The summed E-state index contributed by atoms with van der Waals surface area (Å²) in [7, 11) is 1.72. The van der Waals surface area contributed by atoms with Crippen LogP contribution < -0.4 is 5.73 Å². The third kappa shape index (κ3) is 2.62. The Morgan fingerprint density at radius 3 is 2.80 bits per heavy atom. The molecule has 0 aromatic heterocycles. The summed E-state index contributed by atoms with van der Waals surface area (Å²) in [5.74, 6) is -0.109. The lowest BCUT2D eigenvalue weighted by Gasteiger charge is -2.17. The number of hydrogen-bond acceptors (Lipinski definition) is 3. The minimum atomic E-state index is -0.162. The number of nitrogen functional groups attached to an aromatic ring is 1. The molecular formula is C11H16N2O2. The maximum atomic E-state index is 11.8. The average molecular weight is 208 g/mol. The van der Waals surface area contributed by atoms with Crippen molar-refractivity contribution in [1.82, 2.24) is 4.90 Å². The lowest BCUT2D eigenvalue weighted by molar-refractivity contribution is 0.0796. The molecule has 0 spiro atoms. The predicted octanol–water partition coefficient (Wildman–Crippen LogP) is 1.46. The molecule has 4 nitrogen and oxygen atoms in total. The number of phenols is 1. The summed E-state index contributed by atoms with van der Waals surface area (Å²) in [5, 5.41) is 9.27. The van der Waals surface area contributed by atoms with Crippen molar-refractivity contribution in [3.63, 3.8) is 0 Å². The van der Waals surface area contributed by atoms with Crippen LogP contribution in [0.3, 0.4) is 0 Å². The number of carbonyl (C=O) groups is 1. The Hall–Kier alpha value is -1.71. The van der Waals surface area contributed by atoms with Crippen molar-refractivity contribution >= 4 is 11.6 Å². The Balaban J connectivity index is 2.95. The van der Waals surface area contributed by atoms with Gasteiger partial charge in [0.05, 0.1) is 5.56 Å². The molecule has 1 rings (SSSR count). The van der Waals surface area contributed by atoms with Gasteiger partial charge >= 0.3 is 0 Å². The highest BCUT2D eigenvalue weighted by atomic mass is 16.3. The zero-order chi connectivity index (χ0) is 11.4. The fourth-order valence-corrected chi connectivity index (χ4v) is 1.37. The van der Waals surface area contributed by atoms with Crippen LogP contribution in [0.2, 0.25) is 0 Å². The van der Waals surface area contributed by atoms with Crippen LogP contribution in [0.25, 0.3) is 0 Å². The van der Waals surface area contributed by atoms with E-state index < -0.39 is 0 Å². The van der Waals surface area contributed by atoms with Crippen LogP contribution in [0.5, 0.6) is 5.75 Å². The minimum Gasteiger partial charge on any atom is -0.508 e. The number of anilines is 1. The Morgan fingerprint density at radius 1 is 1.53 bits per heavy atom. The van der Waals surface area contributed by atoms with Crippen LogP contribution in [-0.2, 0) is 0 Å². The van der Waals surface area contributed by atoms with Crippen molar-refractivity contribution in [2.24, 2.45) is 0 Å². The fourth-order valence-electron chi connectivity index (χ4n) is 1.37. The quantitative estimate of drug-likeness (QED) is 0.583. The van der Waals surface area contributed by atoms with Gasteiger partial charge in [-0.1, -0.05) is 6.92 Å². The summed E-state index contributed by atoms with van der Waals surface area (Å²) in [6.45, 7) is 2.67. The maximum Gasteiger partial charge on any atom is 0.255 e. The number of benzene rings is 1. The number of nitrogens with two attached hydrogens (primary N) is 1. The topological polar surface area (TPSA) is 66.6 Å². The number of hydrogen-bond donors (Lipinski definition) is 2. The molecule has 0 aliphatic heterocycles. The first-order chi connectivity index (χ1) is 7.06. The van der Waals surface area contributed by atoms with E-state index in [-0.39, 0.29) is 11.7 Å². The van der Waals surface area contributed by atoms with Gasteiger partial charge in [-0.15, -0.1) is 0 Å². The van der Waals surface area contributed by atoms with Crippen LogP contribution in [0.1, 0.15) is 23.7 Å². The first kappa shape index (κ1) is 11.4. The zero-order valence-corrected chi connectivity index (χ0v) is 9.03. The van der Waals surface area contributed by atoms with E-state index >= 15 is 0 Å². The molecule has 15 heavy (non-hydrogen) atoms. The molecule has 1 aromatic carbocycles. The maximum absolute atomic E-state index is 11.8. The van der Waals surface area contributed by atoms with E-state index in [2.05, 4.69) is 0 Å². The molecule has 4 heteroatoms. The molecule has 0 radical (unpaired) electrons. The predicted molar refractivity (Wildman–Crippen MR) is 59.8 cm³/mol. The molecule has 0 saturated carbocycles. The van der Waals surface area contributed by atoms with E-state index in [4.69, 9.17) is 5.73 Å². The van der Waals surface area contributed by atoms with Crippen LogP contribution in [-0.4, -0.2) is 29.5 Å². The van der Waals surface area contributed by atoms with Gasteiger partial charge in [0.25, 0.3) is 5.91 Å². The largest absolute Gasteiger partial charge is 0.508 e. The second kappa shape index (κ2) is 4.68. The van der Waals surface area contributed by atoms with Crippen LogP contribution >= 0.6 is 0 Å². The molecule has 0 bridgehead atoms. The van der Waals surface area contributed by atoms with Crippen molar-refractivity contribution in [3.05, 3.63) is 23.8 Å². The van der Waals surface area contributed by atoms with Gasteiger partial charge in [-0.05, 0) is 24.6 Å². The molecule has 0 aliphatic rings. The fraction of sp³-hybridized carbons (Fsp3) is 0.364. The van der Waals surface area contributed by atoms with E-state index in [9.17, 15) is 9.90 Å². The van der Waals surface area contributed by atoms with Gasteiger partial charge in [0.15, 0.2) is 0 Å². The Labute approximate surface area is 89.3 Å². The van der Waals surface area contributed by atoms with E-state index in [1.807, 2.05) is 6.92 Å². The molecule has 0 saturated heterocycles. The van der Waals surface area contributed by atoms with Crippen LogP contribution in [0.4, 0.5) is 5.69 Å². The Morgan fingerprint density at radius 2 is 2.20 bits per heavy atom.